The third kappa shape index (κ3) is 3.84. The van der Waals surface area contributed by atoms with Gasteiger partial charge in [0.25, 0.3) is 0 Å². The highest BCUT2D eigenvalue weighted by Crippen LogP contribution is 2.21. The van der Waals surface area contributed by atoms with Gasteiger partial charge in [-0.05, 0) is 18.4 Å². The highest BCUT2D eigenvalue weighted by atomic mass is 16.6. The van der Waals surface area contributed by atoms with Gasteiger partial charge in [-0.1, -0.05) is 37.3 Å². The van der Waals surface area contributed by atoms with Crippen LogP contribution in [0.15, 0.2) is 30.3 Å². The Balaban J connectivity index is 2.04. The van der Waals surface area contributed by atoms with Crippen molar-refractivity contribution in [2.24, 2.45) is 5.92 Å². The largest absolute Gasteiger partial charge is 0.481 e. The van der Waals surface area contributed by atoms with Crippen LogP contribution in [-0.4, -0.2) is 40.6 Å². The fraction of sp³-hybridized carbons (Fsp3) is 0.438. The molecule has 118 valence electrons. The van der Waals surface area contributed by atoms with E-state index in [0.717, 1.165) is 10.5 Å². The first-order valence-corrected chi connectivity index (χ1v) is 7.24. The highest BCUT2D eigenvalue weighted by Gasteiger charge is 2.39. The minimum Gasteiger partial charge on any atom is -0.481 e. The summed E-state index contributed by atoms with van der Waals surface area (Å²) in [5, 5.41) is 8.69. The molecule has 1 heterocycles. The van der Waals surface area contributed by atoms with E-state index < -0.39 is 18.0 Å². The Labute approximate surface area is 128 Å². The highest BCUT2D eigenvalue weighted by molar-refractivity contribution is 5.94. The van der Waals surface area contributed by atoms with Crippen LogP contribution in [0.3, 0.4) is 0 Å². The van der Waals surface area contributed by atoms with Gasteiger partial charge in [-0.3, -0.25) is 9.59 Å². The molecular formula is C16H19NO5. The SMILES string of the molecule is CC(CCC(=O)O)C(=O)N1C(=O)OC[C@@H]1Cc1ccccc1. The van der Waals surface area contributed by atoms with Crippen LogP contribution in [0.4, 0.5) is 4.79 Å². The zero-order valence-corrected chi connectivity index (χ0v) is 12.4. The van der Waals surface area contributed by atoms with Gasteiger partial charge in [-0.2, -0.15) is 0 Å². The lowest BCUT2D eigenvalue weighted by molar-refractivity contribution is -0.138. The maximum absolute atomic E-state index is 12.4. The van der Waals surface area contributed by atoms with Crippen LogP contribution >= 0.6 is 0 Å². The van der Waals surface area contributed by atoms with Crippen LogP contribution in [-0.2, 0) is 20.7 Å². The maximum Gasteiger partial charge on any atom is 0.416 e. The summed E-state index contributed by atoms with van der Waals surface area (Å²) >= 11 is 0. The Morgan fingerprint density at radius 3 is 2.68 bits per heavy atom. The first-order valence-electron chi connectivity index (χ1n) is 7.24. The summed E-state index contributed by atoms with van der Waals surface area (Å²) in [6.45, 7) is 1.81. The third-order valence-corrected chi connectivity index (χ3v) is 3.73. The molecule has 1 unspecified atom stereocenters. The molecule has 22 heavy (non-hydrogen) atoms. The Kier molecular flexibility index (Phi) is 5.14. The molecule has 0 spiro atoms. The van der Waals surface area contributed by atoms with Crippen molar-refractivity contribution in [2.75, 3.05) is 6.61 Å². The molecule has 0 bridgehead atoms. The van der Waals surface area contributed by atoms with E-state index in [2.05, 4.69) is 0 Å². The minimum atomic E-state index is -0.954. The van der Waals surface area contributed by atoms with Crippen molar-refractivity contribution in [1.82, 2.24) is 4.90 Å². The zero-order chi connectivity index (χ0) is 16.1. The van der Waals surface area contributed by atoms with Gasteiger partial charge in [0.1, 0.15) is 6.61 Å². The summed E-state index contributed by atoms with van der Waals surface area (Å²) in [5.41, 5.74) is 1.02. The van der Waals surface area contributed by atoms with Crippen molar-refractivity contribution in [1.29, 1.82) is 0 Å². The average molecular weight is 305 g/mol. The fourth-order valence-electron chi connectivity index (χ4n) is 2.47. The zero-order valence-electron chi connectivity index (χ0n) is 12.4. The number of benzene rings is 1. The second-order valence-corrected chi connectivity index (χ2v) is 5.46. The summed E-state index contributed by atoms with van der Waals surface area (Å²) in [6.07, 6.45) is -0.00726. The Morgan fingerprint density at radius 2 is 2.05 bits per heavy atom. The molecule has 6 nitrogen and oxygen atoms in total. The number of carbonyl (C=O) groups excluding carboxylic acids is 2. The molecule has 1 N–H and O–H groups in total. The number of rotatable bonds is 6. The summed E-state index contributed by atoms with van der Waals surface area (Å²) in [6, 6.07) is 9.22. The summed E-state index contributed by atoms with van der Waals surface area (Å²) in [5.74, 6) is -1.85. The lowest BCUT2D eigenvalue weighted by Gasteiger charge is -2.22. The fourth-order valence-corrected chi connectivity index (χ4v) is 2.47. The number of hydrogen-bond acceptors (Lipinski definition) is 4. The molecule has 0 aliphatic carbocycles. The molecular weight excluding hydrogens is 286 g/mol. The molecule has 6 heteroatoms. The first kappa shape index (κ1) is 16.0. The number of carboxylic acid groups (broad SMARTS) is 1. The van der Waals surface area contributed by atoms with Crippen LogP contribution in [0.5, 0.6) is 0 Å². The molecule has 0 aromatic heterocycles. The van der Waals surface area contributed by atoms with Crippen LogP contribution in [0.2, 0.25) is 0 Å². The van der Waals surface area contributed by atoms with E-state index in [9.17, 15) is 14.4 Å². The molecule has 2 rings (SSSR count). The Morgan fingerprint density at radius 1 is 1.36 bits per heavy atom. The Bertz CT molecular complexity index is 557. The van der Waals surface area contributed by atoms with E-state index in [4.69, 9.17) is 9.84 Å². The molecule has 1 fully saturated rings. The van der Waals surface area contributed by atoms with Gasteiger partial charge in [0, 0.05) is 12.3 Å². The topological polar surface area (TPSA) is 83.9 Å². The predicted octanol–water partition coefficient (Wildman–Crippen LogP) is 2.08. The lowest BCUT2D eigenvalue weighted by Crippen LogP contribution is -2.43. The molecule has 0 saturated carbocycles. The number of amides is 2. The van der Waals surface area contributed by atoms with Gasteiger partial charge in [0.05, 0.1) is 6.04 Å². The number of aliphatic carboxylic acids is 1. The van der Waals surface area contributed by atoms with Crippen molar-refractivity contribution in [3.63, 3.8) is 0 Å². The van der Waals surface area contributed by atoms with E-state index in [0.29, 0.717) is 6.42 Å². The van der Waals surface area contributed by atoms with Crippen LogP contribution < -0.4 is 0 Å². The molecule has 0 radical (unpaired) electrons. The van der Waals surface area contributed by atoms with Gasteiger partial charge in [-0.25, -0.2) is 9.69 Å². The molecule has 2 amide bonds. The van der Waals surface area contributed by atoms with Gasteiger partial charge in [0.2, 0.25) is 5.91 Å². The molecule has 1 aliphatic heterocycles. The monoisotopic (exact) mass is 305 g/mol. The lowest BCUT2D eigenvalue weighted by atomic mass is 10.0. The van der Waals surface area contributed by atoms with Crippen molar-refractivity contribution in [3.05, 3.63) is 35.9 Å². The molecule has 1 aromatic carbocycles. The first-order chi connectivity index (χ1) is 10.5. The van der Waals surface area contributed by atoms with Crippen LogP contribution in [0.25, 0.3) is 0 Å². The van der Waals surface area contributed by atoms with E-state index in [-0.39, 0.29) is 31.4 Å². The Hall–Kier alpha value is -2.37. The number of carbonyl (C=O) groups is 3. The number of hydrogen-bond donors (Lipinski definition) is 1. The quantitative estimate of drug-likeness (QED) is 0.870. The second-order valence-electron chi connectivity index (χ2n) is 5.46. The van der Waals surface area contributed by atoms with E-state index in [1.807, 2.05) is 30.3 Å². The summed E-state index contributed by atoms with van der Waals surface area (Å²) in [7, 11) is 0. The van der Waals surface area contributed by atoms with Crippen LogP contribution in [0, 0.1) is 5.92 Å². The number of carboxylic acids is 1. The number of ether oxygens (including phenoxy) is 1. The minimum absolute atomic E-state index is 0.0981. The van der Waals surface area contributed by atoms with E-state index in [1.54, 1.807) is 6.92 Å². The van der Waals surface area contributed by atoms with E-state index in [1.165, 1.54) is 0 Å². The van der Waals surface area contributed by atoms with Crippen molar-refractivity contribution in [3.8, 4) is 0 Å². The molecule has 1 aromatic rings. The predicted molar refractivity (Wildman–Crippen MR) is 78.2 cm³/mol. The third-order valence-electron chi connectivity index (χ3n) is 3.73. The van der Waals surface area contributed by atoms with Crippen LogP contribution in [0.1, 0.15) is 25.3 Å². The molecule has 1 saturated heterocycles. The maximum atomic E-state index is 12.4. The smallest absolute Gasteiger partial charge is 0.416 e. The second kappa shape index (κ2) is 7.06. The number of cyclic esters (lactones) is 1. The van der Waals surface area contributed by atoms with Gasteiger partial charge in [-0.15, -0.1) is 0 Å². The van der Waals surface area contributed by atoms with Gasteiger partial charge < -0.3 is 9.84 Å². The van der Waals surface area contributed by atoms with Gasteiger partial charge in [0.15, 0.2) is 0 Å². The van der Waals surface area contributed by atoms with Crippen molar-refractivity contribution >= 4 is 18.0 Å². The summed E-state index contributed by atoms with van der Waals surface area (Å²) in [4.78, 5) is 36.0. The van der Waals surface area contributed by atoms with Gasteiger partial charge >= 0.3 is 12.1 Å². The van der Waals surface area contributed by atoms with E-state index >= 15 is 0 Å². The summed E-state index contributed by atoms with van der Waals surface area (Å²) < 4.78 is 5.00. The average Bonchev–Trinajstić information content (AvgIpc) is 2.85. The standard InChI is InChI=1S/C16H19NO5/c1-11(7-8-14(18)19)15(20)17-13(10-22-16(17)21)9-12-5-3-2-4-6-12/h2-6,11,13H,7-10H2,1H3,(H,18,19)/t11?,13-/m0/s1. The van der Waals surface area contributed by atoms with Crippen molar-refractivity contribution in [2.45, 2.75) is 32.2 Å². The molecule has 1 aliphatic rings. The van der Waals surface area contributed by atoms with Crippen molar-refractivity contribution < 1.29 is 24.2 Å². The number of imide groups is 1. The molecule has 2 atom stereocenters. The number of nitrogens with zero attached hydrogens (tertiary/aromatic N) is 1. The normalized spacial score (nSPS) is 18.9.